The Kier molecular flexibility index (Phi) is 19.9. The standard InChI is InChI=1S/C63H48N2.C14H15N.C6H14.C3H8.C3H6/c1-3-5-13-40(4-2)42-22-28-60-56(34-42)58-36-44(24-30-62(58)64(60)50-26-20-48-32-46-16-9-11-18-52(46)54(48)38-50)45-25-31-63-59(37-45)57-35-43(41-14-7-6-8-15-41)23-29-61(57)65(63)51-27-21-49-33-47-17-10-12-19-53(47)55(49)39-51;1-5-12-11(4)15(10(2)3)14-9-7-6-8-13(12)14;1-4-6(3)5-2;2*1-3-2/h1,4-8,11-15,18-23,25-29,31,34-39H,9-10,16-17,24,30,32-33H2,2H3;5-9H,1-2H2,3-4H3;6H,4-5H2,1-3H3;3H2,1-2H3;3H,1H2,2H3/b13-5-,40-4+;;;;. The van der Waals surface area contributed by atoms with Crippen molar-refractivity contribution >= 4 is 83.8 Å². The Labute approximate surface area is 548 Å². The highest BCUT2D eigenvalue weighted by molar-refractivity contribution is 6.12. The molecule has 0 N–H and O–H groups in total. The van der Waals surface area contributed by atoms with Gasteiger partial charge in [0.15, 0.2) is 0 Å². The Morgan fingerprint density at radius 2 is 1.17 bits per heavy atom. The molecule has 5 aliphatic carbocycles. The zero-order valence-electron chi connectivity index (χ0n) is 56.0. The number of rotatable bonds is 10. The highest BCUT2D eigenvalue weighted by Gasteiger charge is 2.28. The average Bonchev–Trinajstić information content (AvgIpc) is 1.59. The van der Waals surface area contributed by atoms with Gasteiger partial charge in [0.1, 0.15) is 0 Å². The first kappa shape index (κ1) is 63.9. The Balaban J connectivity index is 0.000000269. The predicted molar refractivity (Wildman–Crippen MR) is 405 cm³/mol. The first-order valence-corrected chi connectivity index (χ1v) is 33.7. The van der Waals surface area contributed by atoms with Gasteiger partial charge in [-0.25, -0.2) is 0 Å². The van der Waals surface area contributed by atoms with Crippen LogP contribution in [0.1, 0.15) is 163 Å². The van der Waals surface area contributed by atoms with Crippen LogP contribution in [-0.2, 0) is 19.3 Å². The van der Waals surface area contributed by atoms with Crippen molar-refractivity contribution in [2.24, 2.45) is 5.92 Å². The highest BCUT2D eigenvalue weighted by atomic mass is 15.0. The molecule has 7 aromatic carbocycles. The van der Waals surface area contributed by atoms with Crippen LogP contribution >= 0.6 is 0 Å². The van der Waals surface area contributed by atoms with Crippen molar-refractivity contribution in [1.29, 1.82) is 0 Å². The van der Waals surface area contributed by atoms with Gasteiger partial charge in [-0.1, -0.05) is 206 Å². The summed E-state index contributed by atoms with van der Waals surface area (Å²) in [5.74, 6) is 3.63. The fraction of sp³-hybridized carbons (Fsp3) is 0.236. The largest absolute Gasteiger partial charge is 0.318 e. The molecule has 0 saturated carbocycles. The quantitative estimate of drug-likeness (QED) is 0.0736. The molecule has 0 aliphatic heterocycles. The van der Waals surface area contributed by atoms with E-state index in [1.165, 1.54) is 171 Å². The van der Waals surface area contributed by atoms with Crippen molar-refractivity contribution in [2.45, 2.75) is 133 Å². The maximum Gasteiger partial charge on any atom is 0.0541 e. The maximum absolute atomic E-state index is 5.69. The summed E-state index contributed by atoms with van der Waals surface area (Å²) in [6.45, 7) is 30.3. The number of hydrogen-bond donors (Lipinski definition) is 0. The predicted octanol–water partition coefficient (Wildman–Crippen LogP) is 24.9. The zero-order valence-corrected chi connectivity index (χ0v) is 56.0. The molecule has 92 heavy (non-hydrogen) atoms. The summed E-state index contributed by atoms with van der Waals surface area (Å²) in [4.78, 5) is 0. The van der Waals surface area contributed by atoms with Crippen LogP contribution in [0.2, 0.25) is 0 Å². The van der Waals surface area contributed by atoms with Crippen molar-refractivity contribution in [2.75, 3.05) is 0 Å². The number of hydrogen-bond acceptors (Lipinski definition) is 0. The molecular weight excluding hydrogens is 1110 g/mol. The molecule has 0 saturated heterocycles. The van der Waals surface area contributed by atoms with Crippen LogP contribution in [0, 0.1) is 25.2 Å². The second kappa shape index (κ2) is 28.7. The molecule has 462 valence electrons. The molecule has 0 fully saturated rings. The van der Waals surface area contributed by atoms with E-state index in [0.29, 0.717) is 0 Å². The molecule has 0 bridgehead atoms. The fourth-order valence-corrected chi connectivity index (χ4v) is 14.2. The number of terminal acetylenes is 1. The third-order valence-electron chi connectivity index (χ3n) is 19.1. The monoisotopic (exact) mass is 1200 g/mol. The van der Waals surface area contributed by atoms with E-state index in [4.69, 9.17) is 6.42 Å². The van der Waals surface area contributed by atoms with Gasteiger partial charge in [0, 0.05) is 61.1 Å². The lowest BCUT2D eigenvalue weighted by molar-refractivity contribution is 0.544. The summed E-state index contributed by atoms with van der Waals surface area (Å²) in [5.41, 5.74) is 32.7. The normalized spacial score (nSPS) is 14.3. The SMILES string of the molecule is C#C/C=C\C(=C/C)c1ccc2c(c1)c1c(n2-c2ccc3c(c2)C2=C(CCC=C2)C3)CCC(c2ccc3c(c2)c2cc(-c4ccccc4)ccc2n3-c2ccc3c(c2)C2=C(CCC=C2)C3)=C1.C=CC.C=Cc1c(C)n(C(=C)C)c2ccccc12.CCC.CCC(C)CC. The van der Waals surface area contributed by atoms with Gasteiger partial charge in [0.25, 0.3) is 0 Å². The summed E-state index contributed by atoms with van der Waals surface area (Å²) in [5, 5.41) is 5.08. The Bertz CT molecular complexity index is 4750. The number of aromatic nitrogens is 3. The molecule has 0 amide bonds. The molecule has 0 radical (unpaired) electrons. The molecule has 0 unspecified atom stereocenters. The summed E-state index contributed by atoms with van der Waals surface area (Å²) in [6.07, 6.45) is 39.9. The molecule has 5 aliphatic rings. The fourth-order valence-electron chi connectivity index (χ4n) is 14.2. The molecule has 15 rings (SSSR count). The van der Waals surface area contributed by atoms with Gasteiger partial charge in [0.05, 0.1) is 22.1 Å². The van der Waals surface area contributed by atoms with Crippen LogP contribution in [0.5, 0.6) is 0 Å². The van der Waals surface area contributed by atoms with E-state index in [2.05, 4.69) is 270 Å². The zero-order chi connectivity index (χ0) is 64.6. The van der Waals surface area contributed by atoms with Crippen LogP contribution in [0.3, 0.4) is 0 Å². The van der Waals surface area contributed by atoms with E-state index < -0.39 is 0 Å². The van der Waals surface area contributed by atoms with E-state index in [9.17, 15) is 0 Å². The first-order valence-electron chi connectivity index (χ1n) is 33.7. The van der Waals surface area contributed by atoms with Gasteiger partial charge in [-0.3, -0.25) is 0 Å². The number of allylic oxidation sites excluding steroid dienone is 15. The first-order chi connectivity index (χ1) is 44.9. The number of fused-ring (bicyclic) bond motifs is 11. The molecule has 3 nitrogen and oxygen atoms in total. The molecule has 3 heteroatoms. The van der Waals surface area contributed by atoms with Crippen molar-refractivity contribution in [1.82, 2.24) is 13.7 Å². The average molecular weight is 1200 g/mol. The van der Waals surface area contributed by atoms with E-state index in [-0.39, 0.29) is 0 Å². The van der Waals surface area contributed by atoms with Crippen LogP contribution in [0.4, 0.5) is 0 Å². The van der Waals surface area contributed by atoms with Gasteiger partial charge in [-0.2, -0.15) is 0 Å². The van der Waals surface area contributed by atoms with Crippen molar-refractivity contribution in [3.63, 3.8) is 0 Å². The van der Waals surface area contributed by atoms with Gasteiger partial charge < -0.3 is 13.7 Å². The summed E-state index contributed by atoms with van der Waals surface area (Å²) in [6, 6.07) is 54.8. The molecule has 10 aromatic rings. The summed E-state index contributed by atoms with van der Waals surface area (Å²) < 4.78 is 7.23. The van der Waals surface area contributed by atoms with Gasteiger partial charge in [-0.15, -0.1) is 13.0 Å². The van der Waals surface area contributed by atoms with E-state index in [0.717, 1.165) is 55.7 Å². The van der Waals surface area contributed by atoms with E-state index in [1.54, 1.807) is 23.3 Å². The van der Waals surface area contributed by atoms with Crippen LogP contribution in [0.25, 0.3) is 106 Å². The molecular formula is C89H91N3. The molecule has 0 spiro atoms. The summed E-state index contributed by atoms with van der Waals surface area (Å²) in [7, 11) is 0. The van der Waals surface area contributed by atoms with Crippen molar-refractivity contribution in [3.8, 4) is 34.8 Å². The van der Waals surface area contributed by atoms with Crippen LogP contribution in [0.15, 0.2) is 225 Å². The second-order valence-corrected chi connectivity index (χ2v) is 25.3. The maximum atomic E-state index is 5.69. The van der Waals surface area contributed by atoms with Crippen LogP contribution < -0.4 is 0 Å². The third kappa shape index (κ3) is 12.5. The van der Waals surface area contributed by atoms with Crippen LogP contribution in [-0.4, -0.2) is 13.7 Å². The van der Waals surface area contributed by atoms with Gasteiger partial charge in [0.2, 0.25) is 0 Å². The number of nitrogens with zero attached hydrogens (tertiary/aromatic N) is 3. The van der Waals surface area contributed by atoms with Crippen molar-refractivity contribution < 1.29 is 0 Å². The minimum atomic E-state index is 0.935. The molecule has 3 heterocycles. The minimum Gasteiger partial charge on any atom is -0.318 e. The topological polar surface area (TPSA) is 14.8 Å². The minimum absolute atomic E-state index is 0.935. The lowest BCUT2D eigenvalue weighted by Crippen LogP contribution is -2.06. The van der Waals surface area contributed by atoms with Gasteiger partial charge >= 0.3 is 0 Å². The Hall–Kier alpha value is -9.62. The smallest absolute Gasteiger partial charge is 0.0541 e. The molecule has 3 aromatic heterocycles. The Morgan fingerprint density at radius 1 is 0.609 bits per heavy atom. The number of benzene rings is 7. The van der Waals surface area contributed by atoms with Crippen molar-refractivity contribution in [3.05, 3.63) is 281 Å². The lowest BCUT2D eigenvalue weighted by atomic mass is 9.90. The highest BCUT2D eigenvalue weighted by Crippen LogP contribution is 2.46. The number of para-hydroxylation sites is 1. The molecule has 0 atom stereocenters. The van der Waals surface area contributed by atoms with E-state index >= 15 is 0 Å². The van der Waals surface area contributed by atoms with Gasteiger partial charge in [-0.05, 0) is 237 Å². The van der Waals surface area contributed by atoms with E-state index in [1.807, 2.05) is 26.0 Å². The third-order valence-corrected chi connectivity index (χ3v) is 19.1. The Morgan fingerprint density at radius 3 is 1.75 bits per heavy atom. The summed E-state index contributed by atoms with van der Waals surface area (Å²) >= 11 is 0. The second-order valence-electron chi connectivity index (χ2n) is 25.3. The lowest BCUT2D eigenvalue weighted by Gasteiger charge is -2.19.